The molecule has 1 aromatic heterocycles. The second kappa shape index (κ2) is 7.72. The topological polar surface area (TPSA) is 59.8 Å². The summed E-state index contributed by atoms with van der Waals surface area (Å²) in [6, 6.07) is 21.5. The number of hydrogen-bond acceptors (Lipinski definition) is 3. The molecule has 5 nitrogen and oxygen atoms in total. The smallest absolute Gasteiger partial charge is 0.255 e. The third kappa shape index (κ3) is 3.80. The molecule has 4 rings (SSSR count). The van der Waals surface area contributed by atoms with Crippen molar-refractivity contribution in [3.8, 4) is 16.9 Å². The van der Waals surface area contributed by atoms with E-state index >= 15 is 0 Å². The molecule has 0 aliphatic heterocycles. The van der Waals surface area contributed by atoms with Crippen molar-refractivity contribution in [3.63, 3.8) is 0 Å². The lowest BCUT2D eigenvalue weighted by Gasteiger charge is -2.11. The summed E-state index contributed by atoms with van der Waals surface area (Å²) in [5, 5.41) is 11.3. The second-order valence-corrected chi connectivity index (χ2v) is 7.15. The van der Waals surface area contributed by atoms with E-state index in [1.807, 2.05) is 44.2 Å². The first-order chi connectivity index (χ1) is 14.0. The van der Waals surface area contributed by atoms with Gasteiger partial charge in [-0.25, -0.2) is 4.68 Å². The fourth-order valence-electron chi connectivity index (χ4n) is 3.18. The Morgan fingerprint density at radius 3 is 2.34 bits per heavy atom. The molecule has 3 aromatic carbocycles. The van der Waals surface area contributed by atoms with Gasteiger partial charge in [0.15, 0.2) is 0 Å². The van der Waals surface area contributed by atoms with Crippen molar-refractivity contribution in [1.82, 2.24) is 15.0 Å². The van der Waals surface area contributed by atoms with Crippen LogP contribution in [0, 0.1) is 20.8 Å². The average molecular weight is 382 g/mol. The number of benzene rings is 3. The number of rotatable bonds is 4. The summed E-state index contributed by atoms with van der Waals surface area (Å²) >= 11 is 0. The molecule has 0 unspecified atom stereocenters. The minimum absolute atomic E-state index is 0.136. The molecule has 0 bridgehead atoms. The molecule has 5 heteroatoms. The molecule has 0 aliphatic carbocycles. The summed E-state index contributed by atoms with van der Waals surface area (Å²) in [5.41, 5.74) is 7.63. The predicted octanol–water partition coefficient (Wildman–Crippen LogP) is 5.11. The number of aromatic nitrogens is 3. The molecule has 0 saturated carbocycles. The number of hydrogen-bond donors (Lipinski definition) is 1. The Morgan fingerprint density at radius 2 is 1.62 bits per heavy atom. The van der Waals surface area contributed by atoms with Crippen molar-refractivity contribution in [2.45, 2.75) is 20.8 Å². The Balaban J connectivity index is 1.57. The first-order valence-corrected chi connectivity index (χ1v) is 9.48. The summed E-state index contributed by atoms with van der Waals surface area (Å²) in [6.07, 6.45) is 1.74. The maximum atomic E-state index is 12.6. The van der Waals surface area contributed by atoms with Crippen LogP contribution in [0.1, 0.15) is 27.0 Å². The first-order valence-electron chi connectivity index (χ1n) is 9.48. The molecule has 0 radical (unpaired) electrons. The van der Waals surface area contributed by atoms with E-state index in [-0.39, 0.29) is 5.91 Å². The molecule has 0 saturated heterocycles. The molecular formula is C24H22N4O. The van der Waals surface area contributed by atoms with Crippen molar-refractivity contribution >= 4 is 11.6 Å². The van der Waals surface area contributed by atoms with Crippen molar-refractivity contribution < 1.29 is 4.79 Å². The fraction of sp³-hybridized carbons (Fsp3) is 0.125. The van der Waals surface area contributed by atoms with Gasteiger partial charge < -0.3 is 5.32 Å². The Bertz CT molecular complexity index is 1160. The molecule has 0 atom stereocenters. The Hall–Kier alpha value is -3.73. The highest BCUT2D eigenvalue weighted by atomic mass is 16.1. The Morgan fingerprint density at radius 1 is 0.897 bits per heavy atom. The molecule has 0 spiro atoms. The zero-order valence-corrected chi connectivity index (χ0v) is 16.7. The Kier molecular flexibility index (Phi) is 4.96. The van der Waals surface area contributed by atoms with Gasteiger partial charge in [-0.05, 0) is 62.2 Å². The quantitative estimate of drug-likeness (QED) is 0.533. The van der Waals surface area contributed by atoms with Crippen LogP contribution in [0.25, 0.3) is 16.9 Å². The largest absolute Gasteiger partial charge is 0.322 e. The van der Waals surface area contributed by atoms with Gasteiger partial charge in [0.2, 0.25) is 0 Å². The number of nitrogens with zero attached hydrogens (tertiary/aromatic N) is 3. The lowest BCUT2D eigenvalue weighted by Crippen LogP contribution is -2.13. The van der Waals surface area contributed by atoms with Gasteiger partial charge >= 0.3 is 0 Å². The monoisotopic (exact) mass is 382 g/mol. The number of carbonyl (C=O) groups is 1. The Labute approximate surface area is 170 Å². The third-order valence-corrected chi connectivity index (χ3v) is 5.12. The molecule has 1 amide bonds. The maximum absolute atomic E-state index is 12.6. The number of anilines is 1. The number of carbonyl (C=O) groups excluding carboxylic acids is 1. The van der Waals surface area contributed by atoms with E-state index in [0.717, 1.165) is 33.8 Å². The number of nitrogens with one attached hydrogen (secondary N) is 1. The molecule has 29 heavy (non-hydrogen) atoms. The van der Waals surface area contributed by atoms with Crippen LogP contribution in [0.3, 0.4) is 0 Å². The maximum Gasteiger partial charge on any atom is 0.255 e. The van der Waals surface area contributed by atoms with Gasteiger partial charge in [0.05, 0.1) is 17.6 Å². The summed E-state index contributed by atoms with van der Waals surface area (Å²) in [5.74, 6) is -0.136. The minimum Gasteiger partial charge on any atom is -0.322 e. The lowest BCUT2D eigenvalue weighted by atomic mass is 10.1. The van der Waals surface area contributed by atoms with Crippen LogP contribution >= 0.6 is 0 Å². The zero-order valence-electron chi connectivity index (χ0n) is 16.7. The van der Waals surface area contributed by atoms with Gasteiger partial charge in [-0.3, -0.25) is 4.79 Å². The van der Waals surface area contributed by atoms with Gasteiger partial charge in [-0.1, -0.05) is 47.2 Å². The molecule has 4 aromatic rings. The average Bonchev–Trinajstić information content (AvgIpc) is 3.22. The third-order valence-electron chi connectivity index (χ3n) is 5.12. The van der Waals surface area contributed by atoms with Crippen LogP contribution in [0.2, 0.25) is 0 Å². The van der Waals surface area contributed by atoms with E-state index < -0.39 is 0 Å². The van der Waals surface area contributed by atoms with Gasteiger partial charge in [-0.2, -0.15) is 0 Å². The second-order valence-electron chi connectivity index (χ2n) is 7.15. The van der Waals surface area contributed by atoms with Gasteiger partial charge in [0.1, 0.15) is 0 Å². The molecular weight excluding hydrogens is 360 g/mol. The van der Waals surface area contributed by atoms with Crippen molar-refractivity contribution in [2.75, 3.05) is 5.32 Å². The van der Waals surface area contributed by atoms with Crippen LogP contribution in [0.15, 0.2) is 72.9 Å². The SMILES string of the molecule is Cc1ccc(-c2cnnn2-c2ccc(C(=O)Nc3cccc(C)c3C)cc2)cc1. The van der Waals surface area contributed by atoms with E-state index in [1.165, 1.54) is 5.56 Å². The highest BCUT2D eigenvalue weighted by molar-refractivity contribution is 6.04. The molecule has 0 aliphatic rings. The van der Waals surface area contributed by atoms with E-state index in [2.05, 4.69) is 46.8 Å². The van der Waals surface area contributed by atoms with E-state index in [9.17, 15) is 4.79 Å². The van der Waals surface area contributed by atoms with E-state index in [1.54, 1.807) is 23.0 Å². The molecule has 1 heterocycles. The molecule has 1 N–H and O–H groups in total. The fourth-order valence-corrected chi connectivity index (χ4v) is 3.18. The van der Waals surface area contributed by atoms with E-state index in [4.69, 9.17) is 0 Å². The van der Waals surface area contributed by atoms with Crippen LogP contribution in [-0.4, -0.2) is 20.9 Å². The first kappa shape index (κ1) is 18.6. The lowest BCUT2D eigenvalue weighted by molar-refractivity contribution is 0.102. The van der Waals surface area contributed by atoms with Crippen molar-refractivity contribution in [1.29, 1.82) is 0 Å². The summed E-state index contributed by atoms with van der Waals surface area (Å²) < 4.78 is 1.77. The zero-order chi connectivity index (χ0) is 20.4. The van der Waals surface area contributed by atoms with Crippen LogP contribution in [-0.2, 0) is 0 Å². The van der Waals surface area contributed by atoms with Gasteiger partial charge in [-0.15, -0.1) is 5.10 Å². The molecule has 0 fully saturated rings. The van der Waals surface area contributed by atoms with E-state index in [0.29, 0.717) is 5.56 Å². The highest BCUT2D eigenvalue weighted by Gasteiger charge is 2.12. The van der Waals surface area contributed by atoms with Crippen LogP contribution < -0.4 is 5.32 Å². The number of amides is 1. The number of aryl methyl sites for hydroxylation is 2. The van der Waals surface area contributed by atoms with Crippen LogP contribution in [0.4, 0.5) is 5.69 Å². The van der Waals surface area contributed by atoms with Gasteiger partial charge in [0.25, 0.3) is 5.91 Å². The highest BCUT2D eigenvalue weighted by Crippen LogP contribution is 2.23. The summed E-state index contributed by atoms with van der Waals surface area (Å²) in [6.45, 7) is 6.09. The summed E-state index contributed by atoms with van der Waals surface area (Å²) in [4.78, 5) is 12.6. The predicted molar refractivity (Wildman–Crippen MR) is 115 cm³/mol. The van der Waals surface area contributed by atoms with Gasteiger partial charge in [0, 0.05) is 16.8 Å². The standard InChI is InChI=1S/C24H22N4O/c1-16-7-9-19(10-8-16)23-15-25-27-28(23)21-13-11-20(12-14-21)24(29)26-22-6-4-5-17(2)18(22)3/h4-15H,1-3H3,(H,26,29). The van der Waals surface area contributed by atoms with Crippen molar-refractivity contribution in [3.05, 3.63) is 95.2 Å². The van der Waals surface area contributed by atoms with Crippen molar-refractivity contribution in [2.24, 2.45) is 0 Å². The molecule has 144 valence electrons. The minimum atomic E-state index is -0.136. The normalized spacial score (nSPS) is 10.7. The van der Waals surface area contributed by atoms with Crippen LogP contribution in [0.5, 0.6) is 0 Å². The summed E-state index contributed by atoms with van der Waals surface area (Å²) in [7, 11) is 0.